The lowest BCUT2D eigenvalue weighted by Crippen LogP contribution is -2.47. The minimum Gasteiger partial charge on any atom is -0.374 e. The van der Waals surface area contributed by atoms with Crippen molar-refractivity contribution in [3.63, 3.8) is 0 Å². The van der Waals surface area contributed by atoms with Crippen molar-refractivity contribution in [2.75, 3.05) is 32.0 Å². The standard InChI is InChI=1S/C22H25N5O2S2/c28-21(16-31-22-24-20(25-26-22)9-8-19-7-4-12-30-19)23-13-18-15-27(10-11-29-18)14-17-5-2-1-3-6-17/h1-9,12,18H,10-11,13-16H2,(H,23,28)(H,24,25,26)/b9-8+. The molecule has 0 saturated carbocycles. The monoisotopic (exact) mass is 455 g/mol. The summed E-state index contributed by atoms with van der Waals surface area (Å²) >= 11 is 2.97. The van der Waals surface area contributed by atoms with E-state index in [4.69, 9.17) is 4.74 Å². The highest BCUT2D eigenvalue weighted by Gasteiger charge is 2.21. The van der Waals surface area contributed by atoms with Crippen LogP contribution in [-0.2, 0) is 16.1 Å². The predicted octanol–water partition coefficient (Wildman–Crippen LogP) is 3.15. The lowest BCUT2D eigenvalue weighted by Gasteiger charge is -2.33. The Balaban J connectivity index is 1.16. The second-order valence-corrected chi connectivity index (χ2v) is 9.08. The van der Waals surface area contributed by atoms with Gasteiger partial charge in [0, 0.05) is 31.1 Å². The first-order chi connectivity index (χ1) is 15.2. The third kappa shape index (κ3) is 7.03. The zero-order valence-electron chi connectivity index (χ0n) is 17.1. The van der Waals surface area contributed by atoms with Crippen LogP contribution in [0.2, 0.25) is 0 Å². The predicted molar refractivity (Wildman–Crippen MR) is 125 cm³/mol. The van der Waals surface area contributed by atoms with Crippen molar-refractivity contribution < 1.29 is 9.53 Å². The molecule has 2 aromatic heterocycles. The molecule has 31 heavy (non-hydrogen) atoms. The molecule has 1 aliphatic heterocycles. The van der Waals surface area contributed by atoms with Gasteiger partial charge in [0.05, 0.1) is 18.5 Å². The summed E-state index contributed by atoms with van der Waals surface area (Å²) in [7, 11) is 0. The molecule has 1 atom stereocenters. The van der Waals surface area contributed by atoms with Crippen molar-refractivity contribution in [3.05, 3.63) is 64.1 Å². The van der Waals surface area contributed by atoms with Gasteiger partial charge in [0.15, 0.2) is 0 Å². The van der Waals surface area contributed by atoms with Crippen LogP contribution in [0.3, 0.4) is 0 Å². The Morgan fingerprint density at radius 3 is 3.03 bits per heavy atom. The average molecular weight is 456 g/mol. The number of amides is 1. The number of aromatic nitrogens is 3. The highest BCUT2D eigenvalue weighted by atomic mass is 32.2. The lowest BCUT2D eigenvalue weighted by molar-refractivity contribution is -0.119. The summed E-state index contributed by atoms with van der Waals surface area (Å²) in [6, 6.07) is 14.5. The van der Waals surface area contributed by atoms with E-state index in [1.165, 1.54) is 17.3 Å². The number of rotatable bonds is 9. The summed E-state index contributed by atoms with van der Waals surface area (Å²) in [5.74, 6) is 0.895. The van der Waals surface area contributed by atoms with Crippen molar-refractivity contribution in [2.24, 2.45) is 0 Å². The summed E-state index contributed by atoms with van der Waals surface area (Å²) in [5.41, 5.74) is 1.29. The van der Waals surface area contributed by atoms with Gasteiger partial charge in [-0.2, -0.15) is 0 Å². The van der Waals surface area contributed by atoms with Gasteiger partial charge in [0.2, 0.25) is 11.1 Å². The molecular weight excluding hydrogens is 430 g/mol. The number of nitrogens with zero attached hydrogens (tertiary/aromatic N) is 3. The number of hydrogen-bond acceptors (Lipinski definition) is 7. The van der Waals surface area contributed by atoms with Crippen LogP contribution in [-0.4, -0.2) is 64.1 Å². The molecule has 0 aliphatic carbocycles. The van der Waals surface area contributed by atoms with Crippen molar-refractivity contribution in [2.45, 2.75) is 17.8 Å². The fourth-order valence-electron chi connectivity index (χ4n) is 3.24. The Hall–Kier alpha value is -2.46. The van der Waals surface area contributed by atoms with Crippen LogP contribution in [0.5, 0.6) is 0 Å². The molecule has 1 aromatic carbocycles. The van der Waals surface area contributed by atoms with Gasteiger partial charge in [-0.1, -0.05) is 48.2 Å². The maximum absolute atomic E-state index is 12.2. The topological polar surface area (TPSA) is 83.1 Å². The smallest absolute Gasteiger partial charge is 0.230 e. The van der Waals surface area contributed by atoms with Crippen LogP contribution in [0.1, 0.15) is 16.3 Å². The van der Waals surface area contributed by atoms with Gasteiger partial charge in [0.1, 0.15) is 5.82 Å². The van der Waals surface area contributed by atoms with Crippen LogP contribution in [0, 0.1) is 0 Å². The summed E-state index contributed by atoms with van der Waals surface area (Å²) in [6.07, 6.45) is 3.87. The van der Waals surface area contributed by atoms with E-state index >= 15 is 0 Å². The van der Waals surface area contributed by atoms with E-state index in [0.717, 1.165) is 24.5 Å². The molecule has 162 valence electrons. The van der Waals surface area contributed by atoms with Gasteiger partial charge in [0.25, 0.3) is 0 Å². The number of hydrogen-bond donors (Lipinski definition) is 2. The van der Waals surface area contributed by atoms with E-state index in [0.29, 0.717) is 24.1 Å². The first-order valence-corrected chi connectivity index (χ1v) is 12.0. The van der Waals surface area contributed by atoms with E-state index in [-0.39, 0.29) is 17.8 Å². The Labute approximate surface area is 189 Å². The number of carbonyl (C=O) groups excluding carboxylic acids is 1. The Morgan fingerprint density at radius 2 is 2.19 bits per heavy atom. The van der Waals surface area contributed by atoms with Crippen LogP contribution in [0.25, 0.3) is 12.2 Å². The molecular formula is C22H25N5O2S2. The van der Waals surface area contributed by atoms with E-state index in [2.05, 4.69) is 49.7 Å². The van der Waals surface area contributed by atoms with Gasteiger partial charge in [-0.15, -0.1) is 16.4 Å². The molecule has 3 heterocycles. The molecule has 1 fully saturated rings. The fourth-order valence-corrected chi connectivity index (χ4v) is 4.50. The minimum absolute atomic E-state index is 0.00362. The van der Waals surface area contributed by atoms with E-state index in [1.54, 1.807) is 11.3 Å². The Morgan fingerprint density at radius 1 is 1.29 bits per heavy atom. The van der Waals surface area contributed by atoms with Crippen molar-refractivity contribution in [3.8, 4) is 0 Å². The number of H-pyrrole nitrogens is 1. The molecule has 2 N–H and O–H groups in total. The van der Waals surface area contributed by atoms with Crippen LogP contribution in [0.4, 0.5) is 0 Å². The molecule has 3 aromatic rings. The van der Waals surface area contributed by atoms with Crippen LogP contribution < -0.4 is 5.32 Å². The SMILES string of the molecule is O=C(CSc1n[nH]c(/C=C/c2cccs2)n1)NCC1CN(Cc2ccccc2)CCO1. The normalized spacial score (nSPS) is 17.2. The summed E-state index contributed by atoms with van der Waals surface area (Å²) in [6.45, 7) is 3.81. The average Bonchev–Trinajstić information content (AvgIpc) is 3.48. The third-order valence-electron chi connectivity index (χ3n) is 4.76. The highest BCUT2D eigenvalue weighted by Crippen LogP contribution is 2.15. The minimum atomic E-state index is -0.0470. The number of nitrogens with one attached hydrogen (secondary N) is 2. The van der Waals surface area contributed by atoms with E-state index < -0.39 is 0 Å². The quantitative estimate of drug-likeness (QED) is 0.483. The van der Waals surface area contributed by atoms with Gasteiger partial charge < -0.3 is 10.1 Å². The number of thioether (sulfide) groups is 1. The number of ether oxygens (including phenoxy) is 1. The van der Waals surface area contributed by atoms with Crippen molar-refractivity contribution in [1.29, 1.82) is 0 Å². The fraction of sp³-hybridized carbons (Fsp3) is 0.318. The molecule has 0 bridgehead atoms. The van der Waals surface area contributed by atoms with Gasteiger partial charge in [-0.25, -0.2) is 4.98 Å². The number of carbonyl (C=O) groups is 1. The van der Waals surface area contributed by atoms with Crippen molar-refractivity contribution in [1.82, 2.24) is 25.4 Å². The maximum Gasteiger partial charge on any atom is 0.230 e. The zero-order chi connectivity index (χ0) is 21.3. The number of morpholine rings is 1. The van der Waals surface area contributed by atoms with E-state index in [9.17, 15) is 4.79 Å². The lowest BCUT2D eigenvalue weighted by atomic mass is 10.2. The zero-order valence-corrected chi connectivity index (χ0v) is 18.7. The second kappa shape index (κ2) is 11.2. The molecule has 4 rings (SSSR count). The number of aromatic amines is 1. The molecule has 0 radical (unpaired) electrons. The van der Waals surface area contributed by atoms with Gasteiger partial charge >= 0.3 is 0 Å². The second-order valence-electron chi connectivity index (χ2n) is 7.16. The van der Waals surface area contributed by atoms with Gasteiger partial charge in [-0.05, 0) is 29.2 Å². The molecule has 9 heteroatoms. The largest absolute Gasteiger partial charge is 0.374 e. The Kier molecular flexibility index (Phi) is 7.89. The summed E-state index contributed by atoms with van der Waals surface area (Å²) in [4.78, 5) is 20.1. The number of benzene rings is 1. The molecule has 1 unspecified atom stereocenters. The van der Waals surface area contributed by atoms with Crippen LogP contribution in [0.15, 0.2) is 53.0 Å². The van der Waals surface area contributed by atoms with Gasteiger partial charge in [-0.3, -0.25) is 14.8 Å². The molecule has 7 nitrogen and oxygen atoms in total. The highest BCUT2D eigenvalue weighted by molar-refractivity contribution is 7.99. The Bertz CT molecular complexity index is 975. The third-order valence-corrected chi connectivity index (χ3v) is 6.45. The summed E-state index contributed by atoms with van der Waals surface area (Å²) < 4.78 is 5.82. The first kappa shape index (κ1) is 21.8. The molecule has 1 saturated heterocycles. The van der Waals surface area contributed by atoms with Crippen molar-refractivity contribution >= 4 is 41.2 Å². The first-order valence-electron chi connectivity index (χ1n) is 10.2. The molecule has 1 amide bonds. The maximum atomic E-state index is 12.2. The molecule has 0 spiro atoms. The van der Waals surface area contributed by atoms with Crippen LogP contribution >= 0.6 is 23.1 Å². The van der Waals surface area contributed by atoms with E-state index in [1.807, 2.05) is 35.7 Å². The number of thiophene rings is 1. The summed E-state index contributed by atoms with van der Waals surface area (Å²) in [5, 5.41) is 12.6. The molecule has 1 aliphatic rings.